The standard InChI is InChI=1S/C17H13N3OS/c1-11-15(16-18-13-9-5-6-10-14(13)22-16)17(21)20(19-11)12-7-3-2-4-8-12/h2-10,19H,1H3. The number of hydrogen-bond acceptors (Lipinski definition) is 3. The fraction of sp³-hybridized carbons (Fsp3) is 0.0588. The molecule has 22 heavy (non-hydrogen) atoms. The van der Waals surface area contributed by atoms with Crippen LogP contribution >= 0.6 is 11.3 Å². The van der Waals surface area contributed by atoms with E-state index in [-0.39, 0.29) is 5.56 Å². The molecule has 2 heterocycles. The van der Waals surface area contributed by atoms with Crippen molar-refractivity contribution in [2.45, 2.75) is 6.92 Å². The number of nitrogens with zero attached hydrogens (tertiary/aromatic N) is 2. The van der Waals surface area contributed by atoms with E-state index in [2.05, 4.69) is 10.1 Å². The second-order valence-electron chi connectivity index (χ2n) is 5.07. The Morgan fingerprint density at radius 1 is 1.05 bits per heavy atom. The number of nitrogens with one attached hydrogen (secondary N) is 1. The van der Waals surface area contributed by atoms with Gasteiger partial charge in [0.1, 0.15) is 5.01 Å². The van der Waals surface area contributed by atoms with Crippen LogP contribution in [0.4, 0.5) is 0 Å². The van der Waals surface area contributed by atoms with E-state index in [0.717, 1.165) is 26.6 Å². The van der Waals surface area contributed by atoms with Crippen LogP contribution < -0.4 is 5.56 Å². The minimum absolute atomic E-state index is 0.0669. The number of aromatic nitrogens is 3. The van der Waals surface area contributed by atoms with Crippen molar-refractivity contribution in [1.82, 2.24) is 14.8 Å². The molecule has 0 unspecified atom stereocenters. The van der Waals surface area contributed by atoms with E-state index in [9.17, 15) is 4.79 Å². The highest BCUT2D eigenvalue weighted by Crippen LogP contribution is 2.29. The van der Waals surface area contributed by atoms with Crippen molar-refractivity contribution in [2.24, 2.45) is 0 Å². The number of fused-ring (bicyclic) bond motifs is 1. The van der Waals surface area contributed by atoms with Gasteiger partial charge in [-0.25, -0.2) is 9.67 Å². The van der Waals surface area contributed by atoms with E-state index in [0.29, 0.717) is 5.56 Å². The second kappa shape index (κ2) is 4.96. The molecule has 0 bridgehead atoms. The average Bonchev–Trinajstić information content (AvgIpc) is 3.08. The van der Waals surface area contributed by atoms with Crippen LogP contribution in [0, 0.1) is 6.92 Å². The van der Waals surface area contributed by atoms with E-state index in [1.807, 2.05) is 61.5 Å². The van der Waals surface area contributed by atoms with Gasteiger partial charge in [0.25, 0.3) is 5.56 Å². The number of H-pyrrole nitrogens is 1. The third-order valence-corrected chi connectivity index (χ3v) is 4.65. The molecule has 0 atom stereocenters. The van der Waals surface area contributed by atoms with Crippen molar-refractivity contribution in [1.29, 1.82) is 0 Å². The maximum Gasteiger partial charge on any atom is 0.281 e. The van der Waals surface area contributed by atoms with Crippen molar-refractivity contribution < 1.29 is 0 Å². The normalized spacial score (nSPS) is 11.1. The number of aryl methyl sites for hydroxylation is 1. The van der Waals surface area contributed by atoms with Crippen LogP contribution in [0.15, 0.2) is 59.4 Å². The monoisotopic (exact) mass is 307 g/mol. The summed E-state index contributed by atoms with van der Waals surface area (Å²) in [5, 5.41) is 3.90. The molecule has 0 amide bonds. The maximum atomic E-state index is 12.8. The predicted octanol–water partition coefficient (Wildman–Crippen LogP) is 3.75. The van der Waals surface area contributed by atoms with Crippen LogP contribution in [0.25, 0.3) is 26.5 Å². The minimum Gasteiger partial charge on any atom is -0.295 e. The molecular weight excluding hydrogens is 294 g/mol. The van der Waals surface area contributed by atoms with Crippen LogP contribution in [-0.4, -0.2) is 14.8 Å². The number of benzene rings is 2. The van der Waals surface area contributed by atoms with Crippen molar-refractivity contribution >= 4 is 21.6 Å². The first-order chi connectivity index (χ1) is 10.7. The molecule has 108 valence electrons. The molecule has 4 nitrogen and oxygen atoms in total. The summed E-state index contributed by atoms with van der Waals surface area (Å²) >= 11 is 1.54. The van der Waals surface area contributed by atoms with Gasteiger partial charge in [-0.1, -0.05) is 30.3 Å². The molecule has 5 heteroatoms. The highest BCUT2D eigenvalue weighted by atomic mass is 32.1. The lowest BCUT2D eigenvalue weighted by molar-refractivity contribution is 0.835. The smallest absolute Gasteiger partial charge is 0.281 e. The number of para-hydroxylation sites is 2. The van der Waals surface area contributed by atoms with Gasteiger partial charge in [0.2, 0.25) is 0 Å². The summed E-state index contributed by atoms with van der Waals surface area (Å²) < 4.78 is 2.65. The Kier molecular flexibility index (Phi) is 2.94. The molecule has 0 fully saturated rings. The summed E-state index contributed by atoms with van der Waals surface area (Å²) in [5.74, 6) is 0. The van der Waals surface area contributed by atoms with Gasteiger partial charge in [0, 0.05) is 5.69 Å². The maximum absolute atomic E-state index is 12.8. The van der Waals surface area contributed by atoms with Crippen molar-refractivity contribution in [3.05, 3.63) is 70.6 Å². The fourth-order valence-corrected chi connectivity index (χ4v) is 3.60. The molecule has 4 rings (SSSR count). The number of thiazole rings is 1. The highest BCUT2D eigenvalue weighted by molar-refractivity contribution is 7.21. The summed E-state index contributed by atoms with van der Waals surface area (Å²) in [4.78, 5) is 17.4. The zero-order valence-corrected chi connectivity index (χ0v) is 12.7. The van der Waals surface area contributed by atoms with Gasteiger partial charge in [-0.2, -0.15) is 0 Å². The van der Waals surface area contributed by atoms with Crippen molar-refractivity contribution in [3.63, 3.8) is 0 Å². The molecular formula is C17H13N3OS. The largest absolute Gasteiger partial charge is 0.295 e. The van der Waals surface area contributed by atoms with Crippen LogP contribution in [0.1, 0.15) is 5.69 Å². The molecule has 0 radical (unpaired) electrons. The first kappa shape index (κ1) is 13.0. The molecule has 0 aliphatic rings. The van der Waals surface area contributed by atoms with Gasteiger partial charge in [-0.05, 0) is 31.2 Å². The van der Waals surface area contributed by atoms with Crippen LogP contribution in [0.3, 0.4) is 0 Å². The third-order valence-electron chi connectivity index (χ3n) is 3.59. The molecule has 0 saturated heterocycles. The zero-order valence-electron chi connectivity index (χ0n) is 11.9. The van der Waals surface area contributed by atoms with Gasteiger partial charge in [-0.3, -0.25) is 9.89 Å². The summed E-state index contributed by atoms with van der Waals surface area (Å²) in [6, 6.07) is 17.5. The van der Waals surface area contributed by atoms with E-state index in [4.69, 9.17) is 0 Å². The van der Waals surface area contributed by atoms with Crippen molar-refractivity contribution in [2.75, 3.05) is 0 Å². The Morgan fingerprint density at radius 2 is 1.77 bits per heavy atom. The molecule has 0 aliphatic carbocycles. The molecule has 4 aromatic rings. The number of aromatic amines is 1. The topological polar surface area (TPSA) is 50.7 Å². The van der Waals surface area contributed by atoms with Gasteiger partial charge in [0.15, 0.2) is 0 Å². The lowest BCUT2D eigenvalue weighted by atomic mass is 10.2. The Bertz CT molecular complexity index is 978. The minimum atomic E-state index is -0.0669. The summed E-state index contributed by atoms with van der Waals surface area (Å²) in [5.41, 5.74) is 3.15. The van der Waals surface area contributed by atoms with Gasteiger partial charge in [0.05, 0.1) is 21.5 Å². The van der Waals surface area contributed by atoms with Crippen LogP contribution in [-0.2, 0) is 0 Å². The third kappa shape index (κ3) is 1.98. The average molecular weight is 307 g/mol. The molecule has 2 aromatic carbocycles. The lowest BCUT2D eigenvalue weighted by Crippen LogP contribution is -2.15. The first-order valence-electron chi connectivity index (χ1n) is 6.97. The SMILES string of the molecule is Cc1[nH]n(-c2ccccc2)c(=O)c1-c1nc2ccccc2s1. The van der Waals surface area contributed by atoms with E-state index < -0.39 is 0 Å². The van der Waals surface area contributed by atoms with E-state index in [1.54, 1.807) is 16.0 Å². The Morgan fingerprint density at radius 3 is 2.55 bits per heavy atom. The first-order valence-corrected chi connectivity index (χ1v) is 7.78. The zero-order chi connectivity index (χ0) is 15.1. The van der Waals surface area contributed by atoms with Gasteiger partial charge in [-0.15, -0.1) is 11.3 Å². The predicted molar refractivity (Wildman–Crippen MR) is 89.7 cm³/mol. The summed E-state index contributed by atoms with van der Waals surface area (Å²) in [6.45, 7) is 1.90. The highest BCUT2D eigenvalue weighted by Gasteiger charge is 2.17. The Hall–Kier alpha value is -2.66. The van der Waals surface area contributed by atoms with Gasteiger partial charge < -0.3 is 0 Å². The fourth-order valence-electron chi connectivity index (χ4n) is 2.54. The molecule has 0 aliphatic heterocycles. The van der Waals surface area contributed by atoms with Crippen LogP contribution in [0.2, 0.25) is 0 Å². The Balaban J connectivity index is 1.93. The second-order valence-corrected chi connectivity index (χ2v) is 6.11. The van der Waals surface area contributed by atoms with Crippen molar-refractivity contribution in [3.8, 4) is 16.3 Å². The van der Waals surface area contributed by atoms with E-state index >= 15 is 0 Å². The molecule has 2 aromatic heterocycles. The molecule has 1 N–H and O–H groups in total. The Labute approximate surface area is 130 Å². The number of rotatable bonds is 2. The van der Waals surface area contributed by atoms with Crippen LogP contribution in [0.5, 0.6) is 0 Å². The summed E-state index contributed by atoms with van der Waals surface area (Å²) in [6.07, 6.45) is 0. The molecule has 0 spiro atoms. The van der Waals surface area contributed by atoms with E-state index in [1.165, 1.54) is 0 Å². The summed E-state index contributed by atoms with van der Waals surface area (Å²) in [7, 11) is 0. The number of hydrogen-bond donors (Lipinski definition) is 1. The molecule has 0 saturated carbocycles. The quantitative estimate of drug-likeness (QED) is 0.613. The van der Waals surface area contributed by atoms with Gasteiger partial charge >= 0.3 is 0 Å². The lowest BCUT2D eigenvalue weighted by Gasteiger charge is -1.99.